The third-order valence-corrected chi connectivity index (χ3v) is 12.7. The summed E-state index contributed by atoms with van der Waals surface area (Å²) in [7, 11) is 0. The standard InChI is InChI=1S/C66H46/c1-7-25-47(26-8-1)61(48-27-9-2-10-28-48)63(51-33-15-5-16-34-51)53-37-23-39-55(45-53)65-57-41-19-21-43-59(57)66(60-44-22-20-42-58(60)65)56-40-24-38-54(46-56)64(52-35-17-6-18-36-52)62(49-29-11-3-12-30-49)50-31-13-4-14-32-50/h1-46H. The Morgan fingerprint density at radius 3 is 0.606 bits per heavy atom. The first kappa shape index (κ1) is 40.2. The molecule has 0 aliphatic heterocycles. The quantitative estimate of drug-likeness (QED) is 0.0951. The average Bonchev–Trinajstić information content (AvgIpc) is 3.40. The second-order valence-electron chi connectivity index (χ2n) is 16.7. The zero-order valence-corrected chi connectivity index (χ0v) is 36.6. The van der Waals surface area contributed by atoms with Gasteiger partial charge in [0.15, 0.2) is 0 Å². The summed E-state index contributed by atoms with van der Waals surface area (Å²) in [6.45, 7) is 0. The number of hydrogen-bond donors (Lipinski definition) is 0. The van der Waals surface area contributed by atoms with Crippen LogP contribution in [0.5, 0.6) is 0 Å². The first-order chi connectivity index (χ1) is 32.8. The van der Waals surface area contributed by atoms with E-state index in [0.29, 0.717) is 0 Å². The van der Waals surface area contributed by atoms with Crippen molar-refractivity contribution in [3.63, 3.8) is 0 Å². The smallest absolute Gasteiger partial charge is 0.00262 e. The van der Waals surface area contributed by atoms with Crippen molar-refractivity contribution in [1.82, 2.24) is 0 Å². The highest BCUT2D eigenvalue weighted by Crippen LogP contribution is 2.46. The maximum absolute atomic E-state index is 2.41. The van der Waals surface area contributed by atoms with Crippen LogP contribution < -0.4 is 0 Å². The van der Waals surface area contributed by atoms with Gasteiger partial charge < -0.3 is 0 Å². The number of benzene rings is 11. The van der Waals surface area contributed by atoms with Crippen molar-refractivity contribution in [2.24, 2.45) is 0 Å². The monoisotopic (exact) mass is 838 g/mol. The van der Waals surface area contributed by atoms with Crippen LogP contribution in [0.25, 0.3) is 66.1 Å². The van der Waals surface area contributed by atoms with Crippen LogP contribution in [0.3, 0.4) is 0 Å². The molecule has 0 aliphatic carbocycles. The molecule has 0 radical (unpaired) electrons. The topological polar surface area (TPSA) is 0 Å². The number of rotatable bonds is 10. The van der Waals surface area contributed by atoms with E-state index < -0.39 is 0 Å². The van der Waals surface area contributed by atoms with Gasteiger partial charge in [0.2, 0.25) is 0 Å². The summed E-state index contributed by atoms with van der Waals surface area (Å²) in [6.07, 6.45) is 0. The van der Waals surface area contributed by atoms with Gasteiger partial charge in [-0.25, -0.2) is 0 Å². The second-order valence-corrected chi connectivity index (χ2v) is 16.7. The molecule has 0 heterocycles. The van der Waals surface area contributed by atoms with E-state index in [1.807, 2.05) is 0 Å². The molecular formula is C66H46. The van der Waals surface area contributed by atoms with Crippen LogP contribution in [0, 0.1) is 0 Å². The van der Waals surface area contributed by atoms with Crippen molar-refractivity contribution < 1.29 is 0 Å². The largest absolute Gasteiger partial charge is 0.0622 e. The molecule has 310 valence electrons. The molecule has 0 unspecified atom stereocenters. The van der Waals surface area contributed by atoms with Crippen molar-refractivity contribution in [2.75, 3.05) is 0 Å². The molecule has 11 aromatic rings. The lowest BCUT2D eigenvalue weighted by Crippen LogP contribution is -1.98. The summed E-state index contributed by atoms with van der Waals surface area (Å²) in [4.78, 5) is 0. The van der Waals surface area contributed by atoms with Gasteiger partial charge in [-0.2, -0.15) is 0 Å². The minimum atomic E-state index is 1.17. The fraction of sp³-hybridized carbons (Fsp3) is 0. The Morgan fingerprint density at radius 2 is 0.364 bits per heavy atom. The predicted octanol–water partition coefficient (Wildman–Crippen LogP) is 17.3. The molecule has 0 aromatic heterocycles. The van der Waals surface area contributed by atoms with E-state index in [2.05, 4.69) is 279 Å². The molecule has 0 amide bonds. The maximum Gasteiger partial charge on any atom is -0.00262 e. The highest BCUT2D eigenvalue weighted by atomic mass is 14.2. The zero-order valence-electron chi connectivity index (χ0n) is 36.6. The van der Waals surface area contributed by atoms with Gasteiger partial charge in [-0.05, 0) is 123 Å². The lowest BCUT2D eigenvalue weighted by molar-refractivity contribution is 1.50. The molecule has 0 bridgehead atoms. The van der Waals surface area contributed by atoms with E-state index in [1.54, 1.807) is 0 Å². The summed E-state index contributed by atoms with van der Waals surface area (Å²) >= 11 is 0. The Kier molecular flexibility index (Phi) is 11.1. The third kappa shape index (κ3) is 7.76. The fourth-order valence-electron chi connectivity index (χ4n) is 9.86. The molecule has 0 saturated heterocycles. The zero-order chi connectivity index (χ0) is 44.1. The molecule has 0 atom stereocenters. The van der Waals surface area contributed by atoms with Crippen molar-refractivity contribution >= 4 is 43.8 Å². The van der Waals surface area contributed by atoms with Crippen molar-refractivity contribution in [1.29, 1.82) is 0 Å². The van der Waals surface area contributed by atoms with E-state index in [4.69, 9.17) is 0 Å². The van der Waals surface area contributed by atoms with Gasteiger partial charge in [0.05, 0.1) is 0 Å². The Balaban J connectivity index is 1.15. The van der Waals surface area contributed by atoms with Crippen LogP contribution in [-0.4, -0.2) is 0 Å². The Labute approximate surface area is 387 Å². The first-order valence-corrected chi connectivity index (χ1v) is 22.8. The Hall–Kier alpha value is -8.58. The van der Waals surface area contributed by atoms with Crippen molar-refractivity contribution in [3.05, 3.63) is 324 Å². The lowest BCUT2D eigenvalue weighted by Gasteiger charge is -2.21. The molecule has 0 heteroatoms. The van der Waals surface area contributed by atoms with Crippen LogP contribution in [-0.2, 0) is 0 Å². The van der Waals surface area contributed by atoms with Gasteiger partial charge in [-0.1, -0.05) is 267 Å². The second kappa shape index (κ2) is 18.3. The van der Waals surface area contributed by atoms with Crippen LogP contribution in [0.1, 0.15) is 44.5 Å². The van der Waals surface area contributed by atoms with Gasteiger partial charge in [0.25, 0.3) is 0 Å². The van der Waals surface area contributed by atoms with Crippen molar-refractivity contribution in [2.45, 2.75) is 0 Å². The molecule has 0 N–H and O–H groups in total. The SMILES string of the molecule is c1ccc(C(=C(c2ccccc2)c2cccc(-c3c4ccccc4c(-c4cccc(C(=C(c5ccccc5)c5ccccc5)c5ccccc5)c4)c4ccccc34)c2)c2ccccc2)cc1. The van der Waals surface area contributed by atoms with Gasteiger partial charge in [-0.15, -0.1) is 0 Å². The van der Waals surface area contributed by atoms with Crippen molar-refractivity contribution in [3.8, 4) is 22.3 Å². The fourth-order valence-corrected chi connectivity index (χ4v) is 9.86. The predicted molar refractivity (Wildman–Crippen MR) is 281 cm³/mol. The van der Waals surface area contributed by atoms with Crippen LogP contribution in [0.2, 0.25) is 0 Å². The van der Waals surface area contributed by atoms with Gasteiger partial charge in [0, 0.05) is 0 Å². The van der Waals surface area contributed by atoms with E-state index in [1.165, 1.54) is 111 Å². The minimum Gasteiger partial charge on any atom is -0.0622 e. The maximum atomic E-state index is 2.41. The van der Waals surface area contributed by atoms with Gasteiger partial charge >= 0.3 is 0 Å². The molecule has 11 aromatic carbocycles. The summed E-state index contributed by atoms with van der Waals surface area (Å²) in [5, 5.41) is 4.88. The molecule has 66 heavy (non-hydrogen) atoms. The summed E-state index contributed by atoms with van der Waals surface area (Å²) in [6, 6.07) is 101. The molecule has 0 aliphatic rings. The van der Waals surface area contributed by atoms with Crippen LogP contribution in [0.15, 0.2) is 279 Å². The van der Waals surface area contributed by atoms with Gasteiger partial charge in [0.1, 0.15) is 0 Å². The van der Waals surface area contributed by atoms with Crippen LogP contribution >= 0.6 is 0 Å². The number of fused-ring (bicyclic) bond motifs is 2. The van der Waals surface area contributed by atoms with E-state index in [0.717, 1.165) is 0 Å². The molecule has 0 saturated carbocycles. The number of hydrogen-bond acceptors (Lipinski definition) is 0. The van der Waals surface area contributed by atoms with E-state index in [9.17, 15) is 0 Å². The van der Waals surface area contributed by atoms with Crippen LogP contribution in [0.4, 0.5) is 0 Å². The molecule has 0 nitrogen and oxygen atoms in total. The van der Waals surface area contributed by atoms with E-state index in [-0.39, 0.29) is 0 Å². The summed E-state index contributed by atoms with van der Waals surface area (Å²) in [5.41, 5.74) is 19.0. The molecule has 0 spiro atoms. The Morgan fingerprint density at radius 1 is 0.167 bits per heavy atom. The normalized spacial score (nSPS) is 11.0. The minimum absolute atomic E-state index is 1.17. The summed E-state index contributed by atoms with van der Waals surface area (Å²) in [5.74, 6) is 0. The Bertz CT molecular complexity index is 3140. The molecular weight excluding hydrogens is 793 g/mol. The van der Waals surface area contributed by atoms with Gasteiger partial charge in [-0.3, -0.25) is 0 Å². The van der Waals surface area contributed by atoms with E-state index >= 15 is 0 Å². The average molecular weight is 839 g/mol. The first-order valence-electron chi connectivity index (χ1n) is 22.8. The highest BCUT2D eigenvalue weighted by molar-refractivity contribution is 6.22. The molecule has 11 rings (SSSR count). The third-order valence-electron chi connectivity index (χ3n) is 12.7. The molecule has 0 fully saturated rings. The summed E-state index contributed by atoms with van der Waals surface area (Å²) < 4.78 is 0. The lowest BCUT2D eigenvalue weighted by atomic mass is 9.82. The highest BCUT2D eigenvalue weighted by Gasteiger charge is 2.22.